The van der Waals surface area contributed by atoms with E-state index in [9.17, 15) is 18.3 Å². The first-order valence-corrected chi connectivity index (χ1v) is 10.9. The Balaban J connectivity index is 1.56. The van der Waals surface area contributed by atoms with Crippen LogP contribution in [-0.2, 0) is 42.6 Å². The van der Waals surface area contributed by atoms with E-state index >= 15 is 0 Å². The molecule has 4 heterocycles. The molecule has 0 unspecified atom stereocenters. The molecule has 2 aliphatic heterocycles. The Bertz CT molecular complexity index is 898. The largest absolute Gasteiger partial charge is 0.425 e. The summed E-state index contributed by atoms with van der Waals surface area (Å²) in [6.45, 7) is 3.70. The minimum atomic E-state index is -4.47. The molecule has 1 spiro atoms. The Kier molecular flexibility index (Phi) is 5.97. The summed E-state index contributed by atoms with van der Waals surface area (Å²) in [6.07, 6.45) is 0.838. The molecular formula is C20H26F3N3O3S. The second-order valence-corrected chi connectivity index (χ2v) is 9.10. The van der Waals surface area contributed by atoms with Crippen molar-refractivity contribution in [2.45, 2.75) is 63.7 Å². The smallest absolute Gasteiger partial charge is 0.394 e. The molecular weight excluding hydrogens is 419 g/mol. The van der Waals surface area contributed by atoms with Gasteiger partial charge < -0.3 is 14.9 Å². The normalized spacial score (nSPS) is 25.1. The Morgan fingerprint density at radius 2 is 2.17 bits per heavy atom. The number of nitrogens with zero attached hydrogens (tertiary/aromatic N) is 3. The van der Waals surface area contributed by atoms with Crippen LogP contribution in [0.2, 0.25) is 0 Å². The molecule has 0 aromatic carbocycles. The van der Waals surface area contributed by atoms with E-state index in [-0.39, 0.29) is 18.2 Å². The van der Waals surface area contributed by atoms with Crippen LogP contribution in [0.4, 0.5) is 13.2 Å². The lowest BCUT2D eigenvalue weighted by Gasteiger charge is -2.47. The fourth-order valence-electron chi connectivity index (χ4n) is 4.71. The molecule has 10 heteroatoms. The summed E-state index contributed by atoms with van der Waals surface area (Å²) in [7, 11) is 0. The number of alkyl halides is 3. The topological polar surface area (TPSA) is 70.8 Å². The van der Waals surface area contributed by atoms with Crippen molar-refractivity contribution >= 4 is 11.3 Å². The molecule has 2 aliphatic rings. The van der Waals surface area contributed by atoms with Gasteiger partial charge in [-0.3, -0.25) is 9.58 Å². The third kappa shape index (κ3) is 3.91. The fourth-order valence-corrected chi connectivity index (χ4v) is 6.12. The predicted octanol–water partition coefficient (Wildman–Crippen LogP) is 2.90. The van der Waals surface area contributed by atoms with Crippen LogP contribution in [0.3, 0.4) is 0 Å². The van der Waals surface area contributed by atoms with Gasteiger partial charge in [-0.05, 0) is 31.7 Å². The third-order valence-electron chi connectivity index (χ3n) is 6.13. The molecule has 0 aliphatic carbocycles. The van der Waals surface area contributed by atoms with Crippen molar-refractivity contribution in [3.8, 4) is 0 Å². The molecule has 0 bridgehead atoms. The molecule has 0 saturated carbocycles. The maximum Gasteiger partial charge on any atom is 0.425 e. The standard InChI is InChI=1S/C20H26F3N3O3S/c1-13-8-19(3-4-25(13)10-14-9-24-26(11-14)5-6-27)17-15(2-7-29-19)16(12-28)18(30-17)20(21,22)23/h9,11,13,27-28H,2-8,10,12H2,1H3/t13-,19+/m0/s1. The van der Waals surface area contributed by atoms with Crippen LogP contribution >= 0.6 is 11.3 Å². The summed E-state index contributed by atoms with van der Waals surface area (Å²) in [5.41, 5.74) is 0.973. The van der Waals surface area contributed by atoms with Gasteiger partial charge in [0.15, 0.2) is 0 Å². The first-order valence-electron chi connectivity index (χ1n) is 10.1. The van der Waals surface area contributed by atoms with Gasteiger partial charge in [0.25, 0.3) is 0 Å². The highest BCUT2D eigenvalue weighted by Crippen LogP contribution is 2.51. The van der Waals surface area contributed by atoms with Gasteiger partial charge in [-0.1, -0.05) is 0 Å². The minimum Gasteiger partial charge on any atom is -0.394 e. The van der Waals surface area contributed by atoms with Crippen LogP contribution in [0.1, 0.15) is 46.2 Å². The second-order valence-electron chi connectivity index (χ2n) is 8.07. The number of ether oxygens (including phenoxy) is 1. The number of likely N-dealkylation sites (tertiary alicyclic amines) is 1. The number of aliphatic hydroxyl groups is 2. The van der Waals surface area contributed by atoms with Gasteiger partial charge in [0.05, 0.1) is 32.6 Å². The number of aromatic nitrogens is 2. The average Bonchev–Trinajstić information content (AvgIpc) is 3.29. The van der Waals surface area contributed by atoms with Gasteiger partial charge in [-0.25, -0.2) is 0 Å². The highest BCUT2D eigenvalue weighted by atomic mass is 32.1. The molecule has 0 radical (unpaired) electrons. The van der Waals surface area contributed by atoms with Gasteiger partial charge in [-0.15, -0.1) is 11.3 Å². The van der Waals surface area contributed by atoms with E-state index in [2.05, 4.69) is 16.9 Å². The zero-order valence-electron chi connectivity index (χ0n) is 16.8. The number of thiophene rings is 1. The summed E-state index contributed by atoms with van der Waals surface area (Å²) in [4.78, 5) is 2.24. The van der Waals surface area contributed by atoms with Crippen molar-refractivity contribution in [3.05, 3.63) is 38.8 Å². The molecule has 2 aromatic heterocycles. The van der Waals surface area contributed by atoms with E-state index < -0.39 is 23.3 Å². The van der Waals surface area contributed by atoms with E-state index in [1.807, 2.05) is 6.20 Å². The molecule has 166 valence electrons. The molecule has 1 saturated heterocycles. The minimum absolute atomic E-state index is 0.0246. The van der Waals surface area contributed by atoms with Gasteiger partial charge >= 0.3 is 6.18 Å². The van der Waals surface area contributed by atoms with Crippen LogP contribution in [0.15, 0.2) is 12.4 Å². The monoisotopic (exact) mass is 445 g/mol. The van der Waals surface area contributed by atoms with Crippen molar-refractivity contribution < 1.29 is 28.1 Å². The van der Waals surface area contributed by atoms with Crippen LogP contribution in [-0.4, -0.2) is 50.7 Å². The van der Waals surface area contributed by atoms with Crippen molar-refractivity contribution in [1.82, 2.24) is 14.7 Å². The Labute approximate surface area is 176 Å². The summed E-state index contributed by atoms with van der Waals surface area (Å²) in [6, 6.07) is 0.111. The summed E-state index contributed by atoms with van der Waals surface area (Å²) >= 11 is 0.749. The number of aliphatic hydroxyl groups excluding tert-OH is 2. The number of rotatable bonds is 5. The molecule has 2 N–H and O–H groups in total. The first kappa shape index (κ1) is 21.8. The number of fused-ring (bicyclic) bond motifs is 2. The van der Waals surface area contributed by atoms with Crippen LogP contribution in [0, 0.1) is 0 Å². The van der Waals surface area contributed by atoms with Gasteiger partial charge in [-0.2, -0.15) is 18.3 Å². The number of hydrogen-bond donors (Lipinski definition) is 2. The summed E-state index contributed by atoms with van der Waals surface area (Å²) < 4.78 is 48.5. The molecule has 30 heavy (non-hydrogen) atoms. The predicted molar refractivity (Wildman–Crippen MR) is 105 cm³/mol. The second kappa shape index (κ2) is 8.23. The van der Waals surface area contributed by atoms with E-state index in [1.54, 1.807) is 10.9 Å². The Morgan fingerprint density at radius 3 is 2.83 bits per heavy atom. The first-order chi connectivity index (χ1) is 14.3. The summed E-state index contributed by atoms with van der Waals surface area (Å²) in [5.74, 6) is 0. The van der Waals surface area contributed by atoms with Crippen molar-refractivity contribution in [3.63, 3.8) is 0 Å². The van der Waals surface area contributed by atoms with Crippen molar-refractivity contribution in [2.24, 2.45) is 0 Å². The van der Waals surface area contributed by atoms with Crippen LogP contribution in [0.5, 0.6) is 0 Å². The van der Waals surface area contributed by atoms with Gasteiger partial charge in [0.2, 0.25) is 0 Å². The zero-order chi connectivity index (χ0) is 21.5. The molecule has 2 atom stereocenters. The highest BCUT2D eigenvalue weighted by Gasteiger charge is 2.48. The van der Waals surface area contributed by atoms with Crippen molar-refractivity contribution in [1.29, 1.82) is 0 Å². The van der Waals surface area contributed by atoms with Crippen LogP contribution in [0.25, 0.3) is 0 Å². The van der Waals surface area contributed by atoms with E-state index in [0.717, 1.165) is 16.9 Å². The molecule has 6 nitrogen and oxygen atoms in total. The Morgan fingerprint density at radius 1 is 1.37 bits per heavy atom. The van der Waals surface area contributed by atoms with Crippen LogP contribution < -0.4 is 0 Å². The van der Waals surface area contributed by atoms with E-state index in [1.165, 1.54) is 0 Å². The zero-order valence-corrected chi connectivity index (χ0v) is 17.6. The lowest BCUT2D eigenvalue weighted by molar-refractivity contribution is -0.135. The van der Waals surface area contributed by atoms with E-state index in [0.29, 0.717) is 55.9 Å². The lowest BCUT2D eigenvalue weighted by Crippen LogP contribution is -2.50. The van der Waals surface area contributed by atoms with E-state index in [4.69, 9.17) is 9.84 Å². The Hall–Kier alpha value is -1.46. The molecule has 2 aromatic rings. The number of halogens is 3. The summed E-state index contributed by atoms with van der Waals surface area (Å²) in [5, 5.41) is 22.9. The van der Waals surface area contributed by atoms with Crippen molar-refractivity contribution in [2.75, 3.05) is 19.8 Å². The molecule has 1 fully saturated rings. The highest BCUT2D eigenvalue weighted by molar-refractivity contribution is 7.12. The molecule has 4 rings (SSSR count). The van der Waals surface area contributed by atoms with Gasteiger partial charge in [0, 0.05) is 41.3 Å². The SMILES string of the molecule is C[C@H]1C[C@@]2(CCN1Cc1cnn(CCO)c1)OCCc1c2sc(C(F)(F)F)c1CO. The lowest BCUT2D eigenvalue weighted by atomic mass is 9.81. The van der Waals surface area contributed by atoms with Gasteiger partial charge in [0.1, 0.15) is 10.5 Å². The maximum absolute atomic E-state index is 13.5. The fraction of sp³-hybridized carbons (Fsp3) is 0.650. The third-order valence-corrected chi connectivity index (χ3v) is 7.63. The average molecular weight is 446 g/mol. The number of piperidine rings is 1. The maximum atomic E-state index is 13.5. The quantitative estimate of drug-likeness (QED) is 0.741. The molecule has 0 amide bonds. The number of hydrogen-bond acceptors (Lipinski definition) is 6.